The van der Waals surface area contributed by atoms with Crippen LogP contribution in [-0.4, -0.2) is 36.0 Å². The van der Waals surface area contributed by atoms with Crippen LogP contribution in [0.15, 0.2) is 47.5 Å². The predicted molar refractivity (Wildman–Crippen MR) is 125 cm³/mol. The number of benzene rings is 1. The van der Waals surface area contributed by atoms with Gasteiger partial charge in [0.05, 0.1) is 23.5 Å². The van der Waals surface area contributed by atoms with Gasteiger partial charge in [-0.05, 0) is 68.1 Å². The highest BCUT2D eigenvalue weighted by Crippen LogP contribution is 2.36. The summed E-state index contributed by atoms with van der Waals surface area (Å²) in [6.45, 7) is 3.53. The largest absolute Gasteiger partial charge is 0.387 e. The first-order chi connectivity index (χ1) is 16.1. The number of aromatic nitrogens is 5. The molecule has 168 valence electrons. The first-order valence-corrected chi connectivity index (χ1v) is 11.3. The number of hydrogen-bond donors (Lipinski definition) is 3. The summed E-state index contributed by atoms with van der Waals surface area (Å²) in [5.41, 5.74) is 5.27. The van der Waals surface area contributed by atoms with E-state index in [-0.39, 0.29) is 11.6 Å². The van der Waals surface area contributed by atoms with Gasteiger partial charge >= 0.3 is 0 Å². The minimum absolute atomic E-state index is 0.101. The lowest BCUT2D eigenvalue weighted by Gasteiger charge is -2.18. The second-order valence-electron chi connectivity index (χ2n) is 8.77. The smallest absolute Gasteiger partial charge is 0.278 e. The topological polar surface area (TPSA) is 110 Å². The van der Waals surface area contributed by atoms with Crippen LogP contribution in [0.2, 0.25) is 0 Å². The molecule has 1 unspecified atom stereocenters. The summed E-state index contributed by atoms with van der Waals surface area (Å²) in [6.07, 6.45) is 5.43. The van der Waals surface area contributed by atoms with Gasteiger partial charge in [-0.3, -0.25) is 9.78 Å². The van der Waals surface area contributed by atoms with Crippen LogP contribution in [0.4, 0.5) is 11.6 Å². The first-order valence-electron chi connectivity index (χ1n) is 11.3. The molecule has 3 N–H and O–H groups in total. The van der Waals surface area contributed by atoms with Crippen molar-refractivity contribution in [1.82, 2.24) is 29.6 Å². The minimum atomic E-state index is -0.709. The fourth-order valence-corrected chi connectivity index (χ4v) is 4.44. The standard InChI is InChI=1S/C24H25N7O2/c1-14(32)21-11-19(7-9-26-21)30-22-20(23(33)31(30)18-4-5-18)13-27-24(29-22)28-17-3-2-16-12-25-8-6-15(16)10-17/h2-3,7,9-11,13-14,18,25,32H,4-6,8,12H2,1H3,(H,27,28,29). The second kappa shape index (κ2) is 7.79. The van der Waals surface area contributed by atoms with Crippen LogP contribution in [-0.2, 0) is 13.0 Å². The summed E-state index contributed by atoms with van der Waals surface area (Å²) < 4.78 is 3.60. The van der Waals surface area contributed by atoms with E-state index in [9.17, 15) is 9.90 Å². The Labute approximate surface area is 190 Å². The maximum absolute atomic E-state index is 13.2. The molecule has 6 rings (SSSR count). The first kappa shape index (κ1) is 20.1. The SMILES string of the molecule is CC(O)c1cc(-n2c3nc(Nc4ccc5c(c4)CCNC5)ncc3c(=O)n2C2CC2)ccn1. The molecule has 9 heteroatoms. The molecule has 33 heavy (non-hydrogen) atoms. The minimum Gasteiger partial charge on any atom is -0.387 e. The van der Waals surface area contributed by atoms with E-state index >= 15 is 0 Å². The van der Waals surface area contributed by atoms with Gasteiger partial charge in [0.2, 0.25) is 5.95 Å². The molecule has 4 aromatic rings. The predicted octanol–water partition coefficient (Wildman–Crippen LogP) is 2.75. The molecular weight excluding hydrogens is 418 g/mol. The fraction of sp³-hybridized carbons (Fsp3) is 0.333. The third-order valence-electron chi connectivity index (χ3n) is 6.30. The van der Waals surface area contributed by atoms with Gasteiger partial charge in [0, 0.05) is 24.6 Å². The number of rotatable bonds is 5. The second-order valence-corrected chi connectivity index (χ2v) is 8.77. The zero-order valence-electron chi connectivity index (χ0n) is 18.3. The van der Waals surface area contributed by atoms with Crippen LogP contribution < -0.4 is 16.2 Å². The van der Waals surface area contributed by atoms with E-state index < -0.39 is 6.10 Å². The normalized spacial score (nSPS) is 16.5. The van der Waals surface area contributed by atoms with Crippen LogP contribution in [0, 0.1) is 0 Å². The monoisotopic (exact) mass is 443 g/mol. The van der Waals surface area contributed by atoms with Crippen LogP contribution in [0.5, 0.6) is 0 Å². The van der Waals surface area contributed by atoms with Gasteiger partial charge in [-0.15, -0.1) is 0 Å². The van der Waals surface area contributed by atoms with E-state index in [0.29, 0.717) is 22.7 Å². The van der Waals surface area contributed by atoms with Crippen molar-refractivity contribution in [2.45, 2.75) is 44.9 Å². The number of aliphatic hydroxyl groups is 1. The number of aliphatic hydroxyl groups excluding tert-OH is 1. The van der Waals surface area contributed by atoms with Crippen LogP contribution in [0.25, 0.3) is 16.7 Å². The van der Waals surface area contributed by atoms with Crippen molar-refractivity contribution < 1.29 is 5.11 Å². The fourth-order valence-electron chi connectivity index (χ4n) is 4.44. The van der Waals surface area contributed by atoms with Gasteiger partial charge in [-0.1, -0.05) is 6.07 Å². The summed E-state index contributed by atoms with van der Waals surface area (Å²) in [5.74, 6) is 0.433. The van der Waals surface area contributed by atoms with Crippen molar-refractivity contribution in [2.75, 3.05) is 11.9 Å². The molecule has 1 atom stereocenters. The summed E-state index contributed by atoms with van der Waals surface area (Å²) in [4.78, 5) is 26.7. The van der Waals surface area contributed by atoms with E-state index in [1.54, 1.807) is 30.1 Å². The molecule has 4 heterocycles. The number of fused-ring (bicyclic) bond motifs is 2. The maximum atomic E-state index is 13.2. The Morgan fingerprint density at radius 2 is 2.06 bits per heavy atom. The number of anilines is 2. The molecule has 1 aromatic carbocycles. The average molecular weight is 444 g/mol. The van der Waals surface area contributed by atoms with Crippen molar-refractivity contribution in [1.29, 1.82) is 0 Å². The van der Waals surface area contributed by atoms with Gasteiger partial charge in [0.25, 0.3) is 5.56 Å². The van der Waals surface area contributed by atoms with Crippen molar-refractivity contribution >= 4 is 22.7 Å². The molecule has 0 amide bonds. The molecule has 3 aromatic heterocycles. The average Bonchev–Trinajstić information content (AvgIpc) is 3.63. The summed E-state index contributed by atoms with van der Waals surface area (Å²) in [7, 11) is 0. The summed E-state index contributed by atoms with van der Waals surface area (Å²) in [5, 5.41) is 17.2. The lowest BCUT2D eigenvalue weighted by Crippen LogP contribution is -2.23. The van der Waals surface area contributed by atoms with Crippen LogP contribution in [0.1, 0.15) is 48.7 Å². The molecule has 1 aliphatic carbocycles. The van der Waals surface area contributed by atoms with Gasteiger partial charge in [0.1, 0.15) is 5.39 Å². The third kappa shape index (κ3) is 3.59. The maximum Gasteiger partial charge on any atom is 0.278 e. The van der Waals surface area contributed by atoms with Crippen LogP contribution in [0.3, 0.4) is 0 Å². The van der Waals surface area contributed by atoms with Crippen molar-refractivity contribution in [2.24, 2.45) is 0 Å². The number of pyridine rings is 1. The quantitative estimate of drug-likeness (QED) is 0.435. The van der Waals surface area contributed by atoms with E-state index in [4.69, 9.17) is 4.98 Å². The molecule has 1 aliphatic heterocycles. The molecule has 0 spiro atoms. The highest BCUT2D eigenvalue weighted by molar-refractivity contribution is 5.77. The zero-order valence-corrected chi connectivity index (χ0v) is 18.3. The Bertz CT molecular complexity index is 1420. The van der Waals surface area contributed by atoms with Gasteiger partial charge in [0.15, 0.2) is 5.65 Å². The molecule has 0 bridgehead atoms. The highest BCUT2D eigenvalue weighted by atomic mass is 16.3. The Hall–Kier alpha value is -3.56. The van der Waals surface area contributed by atoms with Crippen molar-refractivity contribution in [3.8, 4) is 5.69 Å². The Morgan fingerprint density at radius 3 is 2.88 bits per heavy atom. The van der Waals surface area contributed by atoms with E-state index in [1.807, 2.05) is 16.8 Å². The summed E-state index contributed by atoms with van der Waals surface area (Å²) in [6, 6.07) is 10.1. The molecule has 9 nitrogen and oxygen atoms in total. The van der Waals surface area contributed by atoms with Gasteiger partial charge in [-0.2, -0.15) is 4.98 Å². The van der Waals surface area contributed by atoms with Crippen molar-refractivity contribution in [3.63, 3.8) is 0 Å². The molecule has 2 aliphatic rings. The number of nitrogens with zero attached hydrogens (tertiary/aromatic N) is 5. The molecule has 1 fully saturated rings. The van der Waals surface area contributed by atoms with E-state index in [2.05, 4.69) is 32.7 Å². The highest BCUT2D eigenvalue weighted by Gasteiger charge is 2.31. The molecule has 1 saturated carbocycles. The van der Waals surface area contributed by atoms with Gasteiger partial charge < -0.3 is 15.7 Å². The van der Waals surface area contributed by atoms with E-state index in [1.165, 1.54) is 11.1 Å². The number of hydrogen-bond acceptors (Lipinski definition) is 7. The summed E-state index contributed by atoms with van der Waals surface area (Å²) >= 11 is 0. The Balaban J connectivity index is 1.46. The lowest BCUT2D eigenvalue weighted by atomic mass is 10.0. The van der Waals surface area contributed by atoms with Crippen molar-refractivity contribution in [3.05, 3.63) is 69.9 Å². The Kier molecular flexibility index (Phi) is 4.74. The number of nitrogens with one attached hydrogen (secondary N) is 2. The van der Waals surface area contributed by atoms with Crippen LogP contribution >= 0.6 is 0 Å². The lowest BCUT2D eigenvalue weighted by molar-refractivity contribution is 0.194. The molecule has 0 radical (unpaired) electrons. The molecular formula is C24H25N7O2. The Morgan fingerprint density at radius 1 is 1.18 bits per heavy atom. The van der Waals surface area contributed by atoms with Gasteiger partial charge in [-0.25, -0.2) is 14.3 Å². The zero-order chi connectivity index (χ0) is 22.5. The van der Waals surface area contributed by atoms with E-state index in [0.717, 1.165) is 43.7 Å². The third-order valence-corrected chi connectivity index (χ3v) is 6.30. The molecule has 0 saturated heterocycles.